The van der Waals surface area contributed by atoms with E-state index in [-0.39, 0.29) is 10.8 Å². The van der Waals surface area contributed by atoms with E-state index in [0.717, 1.165) is 25.9 Å². The summed E-state index contributed by atoms with van der Waals surface area (Å²) in [5, 5.41) is 6.62. The Hall–Kier alpha value is -1.44. The van der Waals surface area contributed by atoms with E-state index in [9.17, 15) is 0 Å². The highest BCUT2D eigenvalue weighted by atomic mass is 14.8. The summed E-state index contributed by atoms with van der Waals surface area (Å²) in [5.41, 5.74) is 0.885. The first-order valence-electron chi connectivity index (χ1n) is 10.6. The lowest BCUT2D eigenvalue weighted by molar-refractivity contribution is 0.329. The zero-order valence-electron chi connectivity index (χ0n) is 19.4. The summed E-state index contributed by atoms with van der Waals surface area (Å²) >= 11 is 0. The van der Waals surface area contributed by atoms with Crippen LogP contribution in [0.25, 0.3) is 0 Å². The van der Waals surface area contributed by atoms with Crippen molar-refractivity contribution in [2.45, 2.75) is 81.1 Å². The van der Waals surface area contributed by atoms with E-state index in [4.69, 9.17) is 0 Å². The standard InChI is InChI=1S/C25H46N2/c1-9-10-15-24(5,6)17-18-25(7,8)16-12-20-27-22-13-21-26-19-11-14-23(2,3)4/h10-13,15-16,19,22,26-27H,9,14,17-18,20-21H2,1-8H3/b15-10+,16-12+,19-11+,22-13+. The van der Waals surface area contributed by atoms with Crippen molar-refractivity contribution in [3.63, 3.8) is 0 Å². The molecule has 0 heterocycles. The van der Waals surface area contributed by atoms with Gasteiger partial charge in [0.05, 0.1) is 0 Å². The molecule has 0 unspecified atom stereocenters. The average Bonchev–Trinajstić information content (AvgIpc) is 2.55. The summed E-state index contributed by atoms with van der Waals surface area (Å²) in [6, 6.07) is 0. The lowest BCUT2D eigenvalue weighted by Gasteiger charge is -2.27. The van der Waals surface area contributed by atoms with E-state index in [1.165, 1.54) is 12.8 Å². The number of hydrogen-bond donors (Lipinski definition) is 2. The fourth-order valence-corrected chi connectivity index (χ4v) is 2.54. The molecule has 27 heavy (non-hydrogen) atoms. The molecule has 0 aromatic heterocycles. The second-order valence-corrected chi connectivity index (χ2v) is 10.1. The molecule has 0 aromatic rings. The van der Waals surface area contributed by atoms with Crippen molar-refractivity contribution in [1.29, 1.82) is 0 Å². The van der Waals surface area contributed by atoms with Gasteiger partial charge in [-0.05, 0) is 60.4 Å². The molecule has 0 saturated heterocycles. The predicted octanol–water partition coefficient (Wildman–Crippen LogP) is 6.98. The first kappa shape index (κ1) is 25.6. The molecule has 0 bridgehead atoms. The highest BCUT2D eigenvalue weighted by molar-refractivity contribution is 5.00. The van der Waals surface area contributed by atoms with Crippen LogP contribution in [0.4, 0.5) is 0 Å². The largest absolute Gasteiger partial charge is 0.388 e. The van der Waals surface area contributed by atoms with E-state index < -0.39 is 0 Å². The number of allylic oxidation sites excluding steroid dienone is 4. The zero-order valence-corrected chi connectivity index (χ0v) is 19.4. The van der Waals surface area contributed by atoms with Crippen molar-refractivity contribution >= 4 is 0 Å². The summed E-state index contributed by atoms with van der Waals surface area (Å²) in [7, 11) is 0. The summed E-state index contributed by atoms with van der Waals surface area (Å²) in [6.07, 6.45) is 22.3. The van der Waals surface area contributed by atoms with Crippen LogP contribution < -0.4 is 10.6 Å². The highest BCUT2D eigenvalue weighted by Crippen LogP contribution is 2.32. The molecule has 0 aliphatic rings. The molecule has 156 valence electrons. The Labute approximate surface area is 170 Å². The molecule has 0 saturated carbocycles. The van der Waals surface area contributed by atoms with Crippen molar-refractivity contribution < 1.29 is 0 Å². The van der Waals surface area contributed by atoms with Gasteiger partial charge in [-0.1, -0.05) is 85.8 Å². The van der Waals surface area contributed by atoms with E-state index in [1.807, 2.05) is 6.20 Å². The second kappa shape index (κ2) is 12.9. The van der Waals surface area contributed by atoms with Crippen LogP contribution in [0.5, 0.6) is 0 Å². The molecule has 2 N–H and O–H groups in total. The summed E-state index contributed by atoms with van der Waals surface area (Å²) < 4.78 is 0. The van der Waals surface area contributed by atoms with Crippen molar-refractivity contribution in [2.75, 3.05) is 13.1 Å². The van der Waals surface area contributed by atoms with Gasteiger partial charge in [0.25, 0.3) is 0 Å². The lowest BCUT2D eigenvalue weighted by Crippen LogP contribution is -2.15. The fraction of sp³-hybridized carbons (Fsp3) is 0.680. The van der Waals surface area contributed by atoms with Gasteiger partial charge in [-0.15, -0.1) is 0 Å². The minimum atomic E-state index is 0.238. The van der Waals surface area contributed by atoms with Crippen molar-refractivity contribution in [1.82, 2.24) is 10.6 Å². The predicted molar refractivity (Wildman–Crippen MR) is 124 cm³/mol. The van der Waals surface area contributed by atoms with Gasteiger partial charge < -0.3 is 10.6 Å². The van der Waals surface area contributed by atoms with Crippen molar-refractivity contribution in [2.24, 2.45) is 16.2 Å². The van der Waals surface area contributed by atoms with Crippen molar-refractivity contribution in [3.05, 3.63) is 48.9 Å². The monoisotopic (exact) mass is 374 g/mol. The van der Waals surface area contributed by atoms with E-state index >= 15 is 0 Å². The van der Waals surface area contributed by atoms with Crippen LogP contribution in [0.2, 0.25) is 0 Å². The molecule has 0 aliphatic carbocycles. The summed E-state index contributed by atoms with van der Waals surface area (Å²) in [5.74, 6) is 0. The quantitative estimate of drug-likeness (QED) is 0.268. The zero-order chi connectivity index (χ0) is 20.8. The molecule has 0 amide bonds. The molecule has 2 nitrogen and oxygen atoms in total. The lowest BCUT2D eigenvalue weighted by atomic mass is 9.78. The second-order valence-electron chi connectivity index (χ2n) is 10.1. The Morgan fingerprint density at radius 2 is 1.11 bits per heavy atom. The van der Waals surface area contributed by atoms with Crippen LogP contribution in [0.15, 0.2) is 48.9 Å². The molecule has 0 aromatic carbocycles. The van der Waals surface area contributed by atoms with Crippen LogP contribution >= 0.6 is 0 Å². The summed E-state index contributed by atoms with van der Waals surface area (Å²) in [6.45, 7) is 20.0. The van der Waals surface area contributed by atoms with E-state index in [0.29, 0.717) is 5.41 Å². The van der Waals surface area contributed by atoms with Gasteiger partial charge >= 0.3 is 0 Å². The van der Waals surface area contributed by atoms with Gasteiger partial charge in [-0.25, -0.2) is 0 Å². The molecule has 0 radical (unpaired) electrons. The Bertz CT molecular complexity index is 485. The molecule has 0 fully saturated rings. The fourth-order valence-electron chi connectivity index (χ4n) is 2.54. The Morgan fingerprint density at radius 1 is 0.630 bits per heavy atom. The topological polar surface area (TPSA) is 24.1 Å². The Kier molecular flexibility index (Phi) is 12.2. The molecule has 2 heteroatoms. The number of rotatable bonds is 13. The van der Waals surface area contributed by atoms with Crippen LogP contribution in [0.3, 0.4) is 0 Å². The number of hydrogen-bond acceptors (Lipinski definition) is 2. The third-order valence-corrected chi connectivity index (χ3v) is 4.46. The summed E-state index contributed by atoms with van der Waals surface area (Å²) in [4.78, 5) is 0. The molecule has 0 rings (SSSR count). The molecular formula is C25H46N2. The smallest absolute Gasteiger partial charge is 0.0342 e. The molecular weight excluding hydrogens is 328 g/mol. The third kappa shape index (κ3) is 17.7. The minimum Gasteiger partial charge on any atom is -0.388 e. The Morgan fingerprint density at radius 3 is 1.63 bits per heavy atom. The van der Waals surface area contributed by atoms with Crippen LogP contribution in [-0.2, 0) is 0 Å². The van der Waals surface area contributed by atoms with E-state index in [2.05, 4.69) is 109 Å². The van der Waals surface area contributed by atoms with Gasteiger partial charge in [0, 0.05) is 13.1 Å². The molecule has 0 aliphatic heterocycles. The molecule has 0 spiro atoms. The third-order valence-electron chi connectivity index (χ3n) is 4.46. The minimum absolute atomic E-state index is 0.238. The highest BCUT2D eigenvalue weighted by Gasteiger charge is 2.20. The van der Waals surface area contributed by atoms with Gasteiger partial charge in [0.15, 0.2) is 0 Å². The van der Waals surface area contributed by atoms with Crippen molar-refractivity contribution in [3.8, 4) is 0 Å². The van der Waals surface area contributed by atoms with Crippen LogP contribution in [0, 0.1) is 16.2 Å². The average molecular weight is 375 g/mol. The normalized spacial score (nSPS) is 14.2. The maximum Gasteiger partial charge on any atom is 0.0342 e. The maximum atomic E-state index is 3.33. The number of nitrogens with one attached hydrogen (secondary N) is 2. The Balaban J connectivity index is 3.98. The van der Waals surface area contributed by atoms with Crippen LogP contribution in [0.1, 0.15) is 81.1 Å². The first-order chi connectivity index (χ1) is 12.5. The van der Waals surface area contributed by atoms with Crippen LogP contribution in [-0.4, -0.2) is 13.1 Å². The van der Waals surface area contributed by atoms with Gasteiger partial charge in [-0.2, -0.15) is 0 Å². The maximum absolute atomic E-state index is 3.33. The van der Waals surface area contributed by atoms with Gasteiger partial charge in [0.2, 0.25) is 0 Å². The SMILES string of the molecule is CC/C=C/C(C)(C)CCC(C)(C)/C=C/CN/C=C/CN/C=C/CC(C)(C)C. The molecule has 0 atom stereocenters. The first-order valence-corrected chi connectivity index (χ1v) is 10.6. The van der Waals surface area contributed by atoms with E-state index in [1.54, 1.807) is 0 Å². The van der Waals surface area contributed by atoms with Gasteiger partial charge in [0.1, 0.15) is 0 Å². The van der Waals surface area contributed by atoms with Gasteiger partial charge in [-0.3, -0.25) is 0 Å².